The Labute approximate surface area is 952 Å². The minimum Gasteiger partial charge on any atom is -0.265 e. The normalized spacial score (nSPS) is 14.7. The summed E-state index contributed by atoms with van der Waals surface area (Å²) in [6.45, 7) is 118. The highest BCUT2D eigenvalue weighted by Crippen LogP contribution is 2.43. The van der Waals surface area contributed by atoms with Gasteiger partial charge in [0.15, 0.2) is 0 Å². The first-order valence-corrected chi connectivity index (χ1v) is 58.8. The van der Waals surface area contributed by atoms with Gasteiger partial charge in [-0.2, -0.15) is 0 Å². The zero-order valence-corrected chi connectivity index (χ0v) is 110. The van der Waals surface area contributed by atoms with E-state index in [4.69, 9.17) is 58.0 Å². The number of aryl methyl sites for hydroxylation is 1. The lowest BCUT2D eigenvalue weighted by atomic mass is 9.81. The van der Waals surface area contributed by atoms with E-state index in [1.165, 1.54) is 116 Å². The van der Waals surface area contributed by atoms with E-state index in [0.717, 1.165) is 83.0 Å². The topological polar surface area (TPSA) is 12.9 Å². The number of rotatable bonds is 23. The van der Waals surface area contributed by atoms with Gasteiger partial charge in [-0.3, -0.25) is 4.98 Å². The molecular weight excluding hydrogens is 1950 g/mol. The Morgan fingerprint density at radius 2 is 0.607 bits per heavy atom. The summed E-state index contributed by atoms with van der Waals surface area (Å²) in [5.74, 6) is 7.05. The van der Waals surface area contributed by atoms with E-state index in [0.29, 0.717) is 128 Å². The highest BCUT2D eigenvalue weighted by Gasteiger charge is 2.29. The fourth-order valence-corrected chi connectivity index (χ4v) is 20.5. The maximum absolute atomic E-state index is 13.4. The fourth-order valence-electron chi connectivity index (χ4n) is 19.5. The molecule has 0 saturated heterocycles. The monoisotopic (exact) mass is 2170 g/mol. The van der Waals surface area contributed by atoms with Gasteiger partial charge >= 0.3 is 0 Å². The Morgan fingerprint density at radius 1 is 0.293 bits per heavy atom. The lowest BCUT2D eigenvalue weighted by molar-refractivity contribution is 0.260. The molecule has 0 radical (unpaired) electrons. The second-order valence-electron chi connectivity index (χ2n) is 59.6. The molecular formula is C140H228Cl5F4N. The summed E-state index contributed by atoms with van der Waals surface area (Å²) >= 11 is 29.8. The van der Waals surface area contributed by atoms with Crippen LogP contribution in [0.3, 0.4) is 0 Å². The van der Waals surface area contributed by atoms with Crippen molar-refractivity contribution in [1.29, 1.82) is 0 Å². The minimum atomic E-state index is -0.515. The van der Waals surface area contributed by atoms with Crippen LogP contribution < -0.4 is 0 Å². The van der Waals surface area contributed by atoms with E-state index in [2.05, 4.69) is 411 Å². The summed E-state index contributed by atoms with van der Waals surface area (Å²) in [4.78, 5) is 4.02. The van der Waals surface area contributed by atoms with Gasteiger partial charge in [0.25, 0.3) is 0 Å². The Morgan fingerprint density at radius 3 is 0.907 bits per heavy atom. The Kier molecular flexibility index (Phi) is 68.5. The van der Waals surface area contributed by atoms with E-state index in [-0.39, 0.29) is 23.0 Å². The molecule has 0 bridgehead atoms. The summed E-state index contributed by atoms with van der Waals surface area (Å²) in [5, 5.41) is 3.57. The Bertz CT molecular complexity index is 4600. The highest BCUT2D eigenvalue weighted by molar-refractivity contribution is 6.42. The van der Waals surface area contributed by atoms with Crippen molar-refractivity contribution in [2.24, 2.45) is 94.6 Å². The summed E-state index contributed by atoms with van der Waals surface area (Å²) in [6.07, 6.45) is 24.4. The van der Waals surface area contributed by atoms with Crippen molar-refractivity contribution in [3.63, 3.8) is 0 Å². The molecule has 0 aliphatic heterocycles. The summed E-state index contributed by atoms with van der Waals surface area (Å²) in [7, 11) is 0. The Balaban J connectivity index is -0.00000158. The summed E-state index contributed by atoms with van der Waals surface area (Å²) in [6, 6.07) is 51.0. The molecule has 150 heavy (non-hydrogen) atoms. The molecule has 1 aliphatic rings. The predicted molar refractivity (Wildman–Crippen MR) is 671 cm³/mol. The molecule has 8 aromatic rings. The number of benzene rings is 7. The van der Waals surface area contributed by atoms with Crippen LogP contribution in [-0.2, 0) is 0 Å². The first-order valence-electron chi connectivity index (χ1n) is 56.9. The van der Waals surface area contributed by atoms with Crippen LogP contribution in [0.4, 0.5) is 17.6 Å². The second kappa shape index (κ2) is 69.1. The van der Waals surface area contributed by atoms with Crippen molar-refractivity contribution in [1.82, 2.24) is 4.98 Å². The number of hydrogen-bond donors (Lipinski definition) is 0. The lowest BCUT2D eigenvalue weighted by Crippen LogP contribution is -2.14. The van der Waals surface area contributed by atoms with Crippen molar-refractivity contribution in [3.8, 4) is 0 Å². The Hall–Kier alpha value is -5.40. The molecule has 0 N–H and O–H groups in total. The molecule has 0 amide bonds. The van der Waals surface area contributed by atoms with Crippen LogP contribution >= 0.6 is 58.0 Å². The zero-order valence-electron chi connectivity index (χ0n) is 106. The van der Waals surface area contributed by atoms with E-state index in [1.807, 2.05) is 92.1 Å². The average molecular weight is 2180 g/mol. The van der Waals surface area contributed by atoms with E-state index >= 15 is 0 Å². The number of allylic oxidation sites excluding steroid dienone is 1. The molecule has 1 saturated carbocycles. The zero-order chi connectivity index (χ0) is 117. The van der Waals surface area contributed by atoms with Gasteiger partial charge in [0.05, 0.1) is 10.0 Å². The second-order valence-corrected chi connectivity index (χ2v) is 61.7. The lowest BCUT2D eigenvalue weighted by Gasteiger charge is -2.25. The maximum Gasteiger partial charge on any atom is 0.129 e. The van der Waals surface area contributed by atoms with Crippen LogP contribution in [0.25, 0.3) is 0 Å². The molecule has 0 spiro atoms. The number of hydrogen-bond acceptors (Lipinski definition) is 1. The van der Waals surface area contributed by atoms with E-state index in [1.54, 1.807) is 19.1 Å². The quantitative estimate of drug-likeness (QED) is 0.0459. The van der Waals surface area contributed by atoms with Crippen LogP contribution in [0, 0.1) is 125 Å². The molecule has 1 aromatic heterocycles. The molecule has 1 heterocycles. The third kappa shape index (κ3) is 83.0. The fraction of sp³-hybridized carbons (Fsp3) is 0.650. The van der Waals surface area contributed by atoms with Crippen molar-refractivity contribution >= 4 is 58.0 Å². The van der Waals surface area contributed by atoms with Crippen LogP contribution in [0.1, 0.15) is 540 Å². The molecule has 1 aliphatic carbocycles. The number of halogens is 9. The van der Waals surface area contributed by atoms with Crippen molar-refractivity contribution in [3.05, 3.63) is 287 Å². The van der Waals surface area contributed by atoms with Crippen LogP contribution in [-0.4, -0.2) is 4.98 Å². The smallest absolute Gasteiger partial charge is 0.129 e. The van der Waals surface area contributed by atoms with Gasteiger partial charge in [0, 0.05) is 33.5 Å². The minimum absolute atomic E-state index is 0.0896. The van der Waals surface area contributed by atoms with Gasteiger partial charge in [-0.15, -0.1) is 6.58 Å². The molecule has 0 unspecified atom stereocenters. The maximum atomic E-state index is 13.4. The van der Waals surface area contributed by atoms with Crippen molar-refractivity contribution < 1.29 is 17.6 Å². The van der Waals surface area contributed by atoms with E-state index in [9.17, 15) is 17.6 Å². The van der Waals surface area contributed by atoms with Crippen LogP contribution in [0.5, 0.6) is 0 Å². The molecule has 1 nitrogen and oxygen atoms in total. The standard InChI is InChI=1S/C14H21F.2C13H18Cl2.C13H19Cl.C13H18F2.C13H19F.C13H20.C12H19N.C10H22.C9H20.C9H18.C8H16/c1-10-6-7-12(8-13(10)15)11(2)9-14(3,4)5;1-9(8-13(2,3)4)11-6-5-10(14)7-12(11)15;1-9(8-13(2,3)4)10-5-6-11(14)12(15)7-10;1-10(9-13(2,3)4)11-5-7-12(14)8-6-11;1-9(8-13(2,3)4)11-6-5-10(14)7-12(11)15;1-10(9-13(2,3)4)11-5-7-12(14)8-6-11;1-11(10-13(2,3)4)12-8-6-5-7-9-12;1-10(9-12(2,3)4)11-5-7-13-8-6-11;1-8(2)9(3)7-10(4,5)6;2*1-6-8(2)7-9(3,4)5;1-8(2,3)6-7-4-5-7/h6-8,11H,9H2,1-5H3;2*5-7,9H,8H2,1-4H3;5-8,10H,9H2,1-4H3;5-7,9H,8H2,1-4H3;5-8,10H,9H2,1-4H3;5-9,11H,10H2,1-4H3;5-8,10H,9H2,1-4H3;8-9H,7H2,1-6H3;8H,6-7H2,1-5H3;6,8H,1,7H2,2-5H3;7H,4-6H2,1-3H3/t11-;2*9-;10-;9-;10-;11-;10-;9-;2*8-;/m11111111100./s1. The van der Waals surface area contributed by atoms with Crippen molar-refractivity contribution in [2.45, 2.75) is 497 Å². The molecule has 11 atom stereocenters. The molecule has 10 heteroatoms. The van der Waals surface area contributed by atoms with Gasteiger partial charge in [0.2, 0.25) is 0 Å². The van der Waals surface area contributed by atoms with Crippen LogP contribution in [0.15, 0.2) is 189 Å². The number of nitrogens with zero attached hydrogens (tertiary/aromatic N) is 1. The van der Waals surface area contributed by atoms with Crippen molar-refractivity contribution in [2.75, 3.05) is 0 Å². The van der Waals surface area contributed by atoms with Gasteiger partial charge < -0.3 is 0 Å². The molecule has 7 aromatic carbocycles. The first kappa shape index (κ1) is 149. The van der Waals surface area contributed by atoms with Gasteiger partial charge in [-0.1, -0.05) is 514 Å². The SMILES string of the molecule is C=C[C@H](C)CC(C)(C)C.CC(C)(C)CC1CC1.CC(C)[C@H](C)CC(C)(C)C.CC[C@H](C)CC(C)(C)C.C[C@H](CC(C)(C)C)c1ccc(Cl)c(Cl)c1.C[C@H](CC(C)(C)C)c1ccc(Cl)cc1.C[C@H](CC(C)(C)C)c1ccc(Cl)cc1Cl.C[C@H](CC(C)(C)C)c1ccc(F)cc1.C[C@H](CC(C)(C)C)c1ccc(F)cc1F.C[C@H](CC(C)(C)C)c1ccccc1.C[C@H](CC(C)(C)C)c1ccncc1.Cc1ccc([C@H](C)CC(C)(C)C)cc1F. The summed E-state index contributed by atoms with van der Waals surface area (Å²) in [5.41, 5.74) is 15.1. The first-order chi connectivity index (χ1) is 67.7. The van der Waals surface area contributed by atoms with E-state index < -0.39 is 11.6 Å². The molecule has 9 rings (SSSR count). The highest BCUT2D eigenvalue weighted by atomic mass is 35.5. The third-order valence-electron chi connectivity index (χ3n) is 25.8. The number of pyridine rings is 1. The van der Waals surface area contributed by atoms with Gasteiger partial charge in [-0.25, -0.2) is 17.6 Å². The molecule has 1 fully saturated rings. The third-order valence-corrected chi connectivity index (χ3v) is 27.4. The van der Waals surface area contributed by atoms with Crippen LogP contribution in [0.2, 0.25) is 25.1 Å². The largest absolute Gasteiger partial charge is 0.265 e. The summed E-state index contributed by atoms with van der Waals surface area (Å²) < 4.78 is 52.2. The predicted octanol–water partition coefficient (Wildman–Crippen LogP) is 50.6. The van der Waals surface area contributed by atoms with Gasteiger partial charge in [-0.05, 0) is 349 Å². The molecule has 856 valence electrons. The number of aromatic nitrogens is 1. The van der Waals surface area contributed by atoms with Gasteiger partial charge in [0.1, 0.15) is 23.3 Å². The average Bonchev–Trinajstić information content (AvgIpc) is 1.13.